The molecule has 0 saturated heterocycles. The molecule has 14 heteroatoms. The van der Waals surface area contributed by atoms with Crippen molar-refractivity contribution in [1.82, 2.24) is 0 Å². The van der Waals surface area contributed by atoms with Gasteiger partial charge in [-0.05, 0) is 0 Å². The van der Waals surface area contributed by atoms with Crippen LogP contribution < -0.4 is 29.4 Å². The van der Waals surface area contributed by atoms with Crippen LogP contribution in [-0.2, 0) is 9.13 Å². The third-order valence-corrected chi connectivity index (χ3v) is 0. The molecular weight excluding hydrogens is 398 g/mol. The van der Waals surface area contributed by atoms with Gasteiger partial charge < -0.3 is 41.3 Å². The molecule has 0 spiro atoms. The van der Waals surface area contributed by atoms with E-state index < -0.39 is 15.6 Å². The number of phosphoric acid groups is 2. The van der Waals surface area contributed by atoms with E-state index in [1.54, 1.807) is 0 Å². The van der Waals surface area contributed by atoms with E-state index in [1.807, 2.05) is 0 Å². The average molecular weight is 400 g/mol. The van der Waals surface area contributed by atoms with Gasteiger partial charge in [0.25, 0.3) is 0 Å². The first-order chi connectivity index (χ1) is 4.00. The zero-order valence-corrected chi connectivity index (χ0v) is 18.9. The van der Waals surface area contributed by atoms with Gasteiger partial charge in [-0.3, -0.25) is 0 Å². The molecule has 0 fully saturated rings. The molecule has 68 valence electrons. The van der Waals surface area contributed by atoms with Gasteiger partial charge in [0.2, 0.25) is 0 Å². The number of rotatable bonds is 0. The van der Waals surface area contributed by atoms with Crippen LogP contribution in [0.2, 0.25) is 0 Å². The van der Waals surface area contributed by atoms with Crippen molar-refractivity contribution in [2.45, 2.75) is 0 Å². The molecule has 0 amide bonds. The minimum atomic E-state index is -5.39. The molecule has 8 nitrogen and oxygen atoms in total. The number of hydrogen-bond acceptors (Lipinski definition) is 8. The third kappa shape index (κ3) is 158. The van der Waals surface area contributed by atoms with E-state index in [1.165, 1.54) is 0 Å². The van der Waals surface area contributed by atoms with Gasteiger partial charge >= 0.3 is 159 Å². The van der Waals surface area contributed by atoms with Gasteiger partial charge in [-0.25, -0.2) is 0 Å². The van der Waals surface area contributed by atoms with Crippen LogP contribution in [-0.4, -0.2) is 159 Å². The molecule has 0 saturated carbocycles. The van der Waals surface area contributed by atoms with Crippen molar-refractivity contribution in [3.8, 4) is 0 Å². The summed E-state index contributed by atoms with van der Waals surface area (Å²) >= 11 is 0. The Labute approximate surface area is 210 Å². The average Bonchev–Trinajstić information content (AvgIpc) is 1.12. The molecule has 0 rings (SSSR count). The fourth-order valence-electron chi connectivity index (χ4n) is 0. The summed E-state index contributed by atoms with van der Waals surface area (Å²) in [5, 5.41) is 0. The van der Waals surface area contributed by atoms with E-state index in [-0.39, 0.29) is 162 Å². The maximum absolute atomic E-state index is 8.55. The van der Waals surface area contributed by atoms with Crippen molar-refractivity contribution in [2.75, 3.05) is 0 Å². The van der Waals surface area contributed by atoms with Gasteiger partial charge in [0.05, 0.1) is 0 Å². The van der Waals surface area contributed by atoms with Gasteiger partial charge in [0, 0.05) is 0 Å². The van der Waals surface area contributed by atoms with Crippen molar-refractivity contribution < 1.29 is 41.3 Å². The Morgan fingerprint density at radius 3 is 0.643 bits per heavy atom. The Kier molecular flexibility index (Phi) is 48.3. The first-order valence-electron chi connectivity index (χ1n) is 1.46. The second-order valence-corrected chi connectivity index (χ2v) is 2.68. The van der Waals surface area contributed by atoms with Crippen molar-refractivity contribution in [3.05, 3.63) is 0 Å². The molecular formula is H2Ca3O8P2Sr. The normalized spacial score (nSPS) is 8.43. The minimum absolute atomic E-state index is 0. The Morgan fingerprint density at radius 1 is 0.643 bits per heavy atom. The molecule has 0 bridgehead atoms. The molecule has 0 atom stereocenters. The first-order valence-corrected chi connectivity index (χ1v) is 4.38. The monoisotopic (exact) mass is 400 g/mol. The zero-order valence-electron chi connectivity index (χ0n) is 8.99. The molecule has 0 aliphatic rings. The Bertz CT molecular complexity index is 144. The summed E-state index contributed by atoms with van der Waals surface area (Å²) in [7, 11) is -10.8. The van der Waals surface area contributed by atoms with Gasteiger partial charge in [0.1, 0.15) is 0 Å². The van der Waals surface area contributed by atoms with Gasteiger partial charge in [-0.2, -0.15) is 15.6 Å². The second kappa shape index (κ2) is 18.5. The smallest absolute Gasteiger partial charge is 1.00 e. The van der Waals surface area contributed by atoms with E-state index in [2.05, 4.69) is 0 Å². The Hall–Kier alpha value is 5.48. The molecule has 0 aromatic heterocycles. The third-order valence-electron chi connectivity index (χ3n) is 0. The molecule has 0 N–H and O–H groups in total. The fourth-order valence-corrected chi connectivity index (χ4v) is 0. The van der Waals surface area contributed by atoms with Crippen molar-refractivity contribution in [2.24, 2.45) is 0 Å². The van der Waals surface area contributed by atoms with E-state index in [9.17, 15) is 0 Å². The van der Waals surface area contributed by atoms with Crippen LogP contribution in [0.25, 0.3) is 0 Å². The van der Waals surface area contributed by atoms with Gasteiger partial charge in [0.15, 0.2) is 0 Å². The summed E-state index contributed by atoms with van der Waals surface area (Å²) in [5.74, 6) is 0. The van der Waals surface area contributed by atoms with Gasteiger partial charge in [-0.1, -0.05) is 0 Å². The van der Waals surface area contributed by atoms with E-state index in [0.717, 1.165) is 0 Å². The maximum atomic E-state index is 8.55. The first kappa shape index (κ1) is 36.6. The summed E-state index contributed by atoms with van der Waals surface area (Å²) < 4.78 is 17.1. The topological polar surface area (TPSA) is 172 Å². The van der Waals surface area contributed by atoms with Gasteiger partial charge in [-0.15, -0.1) is 0 Å². The predicted octanol–water partition coefficient (Wildman–Crippen LogP) is -6.95. The van der Waals surface area contributed by atoms with E-state index in [0.29, 0.717) is 0 Å². The van der Waals surface area contributed by atoms with Crippen LogP contribution in [0.15, 0.2) is 0 Å². The summed E-state index contributed by atoms with van der Waals surface area (Å²) in [6.07, 6.45) is 0. The Morgan fingerprint density at radius 2 is 0.643 bits per heavy atom. The summed E-state index contributed by atoms with van der Waals surface area (Å²) in [6.45, 7) is 0. The number of hydrogen-bond donors (Lipinski definition) is 0. The van der Waals surface area contributed by atoms with Crippen LogP contribution in [0, 0.1) is 0 Å². The molecule has 0 unspecified atom stereocenters. The van der Waals surface area contributed by atoms with Crippen LogP contribution >= 0.6 is 15.6 Å². The molecule has 0 aliphatic carbocycles. The molecule has 0 aromatic rings. The molecule has 14 heavy (non-hydrogen) atoms. The van der Waals surface area contributed by atoms with Crippen molar-refractivity contribution in [3.63, 3.8) is 0 Å². The second-order valence-electron chi connectivity index (χ2n) is 0.894. The summed E-state index contributed by atoms with van der Waals surface area (Å²) in [6, 6.07) is 0. The van der Waals surface area contributed by atoms with Crippen molar-refractivity contribution in [1.29, 1.82) is 0 Å². The van der Waals surface area contributed by atoms with Crippen molar-refractivity contribution >= 4 is 174 Å². The largest absolute Gasteiger partial charge is 2.00 e. The Balaban J connectivity index is -0.00000000970. The van der Waals surface area contributed by atoms with Crippen LogP contribution in [0.4, 0.5) is 0 Å². The fraction of sp³-hybridized carbons (Fsp3) is 0. The SMILES string of the molecule is O=P([O-])([O-])[O-].O=P([O-])([O-])[O-].[Ca+2].[Ca+2].[Ca+2].[H-].[H-].[Sr+2]. The summed E-state index contributed by atoms with van der Waals surface area (Å²) in [5.41, 5.74) is 0. The maximum Gasteiger partial charge on any atom is 2.00 e. The zero-order chi connectivity index (χ0) is 9.00. The molecule has 0 aliphatic heterocycles. The molecule has 0 heterocycles. The van der Waals surface area contributed by atoms with Crippen LogP contribution in [0.1, 0.15) is 2.85 Å². The molecule has 0 aromatic carbocycles. The summed E-state index contributed by atoms with van der Waals surface area (Å²) in [4.78, 5) is 51.3. The quantitative estimate of drug-likeness (QED) is 0.285. The molecule has 0 radical (unpaired) electrons. The predicted molar refractivity (Wildman–Crippen MR) is 40.5 cm³/mol. The van der Waals surface area contributed by atoms with Crippen LogP contribution in [0.5, 0.6) is 0 Å². The standard InChI is InChI=1S/3Ca.2H3O4P.Sr.2H/c;;;2*1-5(2,3)4;;;/h;;;2*(H3,1,2,3,4);;;/q3*+2;;;+2;2*-1/p-6. The minimum Gasteiger partial charge on any atom is -1.00 e. The van der Waals surface area contributed by atoms with E-state index >= 15 is 0 Å². The van der Waals surface area contributed by atoms with Crippen LogP contribution in [0.3, 0.4) is 0 Å². The van der Waals surface area contributed by atoms with E-state index in [4.69, 9.17) is 38.5 Å².